The number of hydrogen-bond acceptors (Lipinski definition) is 5. The van der Waals surface area contributed by atoms with Gasteiger partial charge in [0.05, 0.1) is 5.52 Å². The second-order valence-electron chi connectivity index (χ2n) is 8.16. The number of nitrogens with zero attached hydrogens (tertiary/aromatic N) is 4. The number of benzene rings is 2. The second kappa shape index (κ2) is 8.59. The quantitative estimate of drug-likeness (QED) is 0.358. The summed E-state index contributed by atoms with van der Waals surface area (Å²) in [7, 11) is 0. The van der Waals surface area contributed by atoms with Gasteiger partial charge >= 0.3 is 0 Å². The maximum absolute atomic E-state index is 13.4. The topological polar surface area (TPSA) is 62.1 Å². The summed E-state index contributed by atoms with van der Waals surface area (Å²) in [4.78, 5) is 13.6. The average molecular weight is 452 g/mol. The van der Waals surface area contributed by atoms with E-state index in [1.807, 2.05) is 54.7 Å². The van der Waals surface area contributed by atoms with E-state index in [1.165, 1.54) is 12.1 Å². The molecular weight excluding hydrogens is 431 g/mol. The Balaban J connectivity index is 1.41. The zero-order chi connectivity index (χ0) is 22.9. The Kier molecular flexibility index (Phi) is 5.14. The SMILES string of the molecule is Fc1ccc(CCn2c(C3COc4ccccc4O3)nc3ncc(-c4ccncc4)cc32)cc1. The molecule has 0 saturated carbocycles. The molecule has 6 rings (SSSR count). The molecule has 1 aliphatic rings. The van der Waals surface area contributed by atoms with Crippen LogP contribution in [0.15, 0.2) is 85.3 Å². The number of pyridine rings is 2. The highest BCUT2D eigenvalue weighted by Gasteiger charge is 2.28. The predicted octanol–water partition coefficient (Wildman–Crippen LogP) is 5.39. The summed E-state index contributed by atoms with van der Waals surface area (Å²) in [6.07, 6.45) is 5.69. The highest BCUT2D eigenvalue weighted by atomic mass is 19.1. The van der Waals surface area contributed by atoms with Crippen LogP contribution < -0.4 is 9.47 Å². The van der Waals surface area contributed by atoms with Crippen molar-refractivity contribution in [2.24, 2.45) is 0 Å². The molecule has 5 aromatic rings. The van der Waals surface area contributed by atoms with Crippen molar-refractivity contribution in [3.05, 3.63) is 103 Å². The maximum atomic E-state index is 13.4. The van der Waals surface area contributed by atoms with E-state index in [0.717, 1.165) is 33.8 Å². The van der Waals surface area contributed by atoms with E-state index in [-0.39, 0.29) is 11.9 Å². The van der Waals surface area contributed by atoms with Crippen molar-refractivity contribution in [2.75, 3.05) is 6.61 Å². The van der Waals surface area contributed by atoms with Crippen molar-refractivity contribution in [2.45, 2.75) is 19.1 Å². The van der Waals surface area contributed by atoms with E-state index in [4.69, 9.17) is 14.5 Å². The number of halogens is 1. The fourth-order valence-corrected chi connectivity index (χ4v) is 4.24. The van der Waals surface area contributed by atoms with Gasteiger partial charge in [0, 0.05) is 30.7 Å². The average Bonchev–Trinajstić information content (AvgIpc) is 3.26. The van der Waals surface area contributed by atoms with Gasteiger partial charge in [-0.3, -0.25) is 4.98 Å². The Morgan fingerprint density at radius 3 is 2.56 bits per heavy atom. The number of para-hydroxylation sites is 2. The number of ether oxygens (including phenoxy) is 2. The van der Waals surface area contributed by atoms with E-state index < -0.39 is 0 Å². The lowest BCUT2D eigenvalue weighted by atomic mass is 10.1. The lowest BCUT2D eigenvalue weighted by molar-refractivity contribution is 0.0827. The molecule has 1 unspecified atom stereocenters. The zero-order valence-electron chi connectivity index (χ0n) is 18.3. The summed E-state index contributed by atoms with van der Waals surface area (Å²) in [5, 5.41) is 0. The molecule has 0 aliphatic carbocycles. The van der Waals surface area contributed by atoms with Crippen molar-refractivity contribution in [1.29, 1.82) is 0 Å². The second-order valence-corrected chi connectivity index (χ2v) is 8.16. The third kappa shape index (κ3) is 3.85. The number of rotatable bonds is 5. The van der Waals surface area contributed by atoms with Crippen molar-refractivity contribution >= 4 is 11.2 Å². The van der Waals surface area contributed by atoms with Gasteiger partial charge in [0.15, 0.2) is 29.1 Å². The molecule has 0 saturated heterocycles. The van der Waals surface area contributed by atoms with Crippen LogP contribution in [-0.2, 0) is 13.0 Å². The van der Waals surface area contributed by atoms with Crippen molar-refractivity contribution in [3.8, 4) is 22.6 Å². The number of aryl methyl sites for hydroxylation is 2. The predicted molar refractivity (Wildman–Crippen MR) is 126 cm³/mol. The van der Waals surface area contributed by atoms with Gasteiger partial charge in [0.1, 0.15) is 12.4 Å². The van der Waals surface area contributed by atoms with Crippen molar-refractivity contribution in [3.63, 3.8) is 0 Å². The third-order valence-electron chi connectivity index (χ3n) is 5.98. The first-order chi connectivity index (χ1) is 16.7. The number of hydrogen-bond donors (Lipinski definition) is 0. The molecule has 0 fully saturated rings. The molecule has 7 heteroatoms. The fourth-order valence-electron chi connectivity index (χ4n) is 4.24. The normalized spacial score (nSPS) is 14.9. The molecule has 4 heterocycles. The van der Waals surface area contributed by atoms with Gasteiger partial charge in [-0.05, 0) is 60.0 Å². The molecule has 168 valence electrons. The summed E-state index contributed by atoms with van der Waals surface area (Å²) in [6, 6.07) is 20.2. The Morgan fingerprint density at radius 2 is 1.74 bits per heavy atom. The molecule has 0 bridgehead atoms. The van der Waals surface area contributed by atoms with Crippen molar-refractivity contribution in [1.82, 2.24) is 19.5 Å². The number of fused-ring (bicyclic) bond motifs is 2. The van der Waals surface area contributed by atoms with Gasteiger partial charge in [-0.2, -0.15) is 0 Å². The number of imidazole rings is 1. The fraction of sp³-hybridized carbons (Fsp3) is 0.148. The van der Waals surface area contributed by atoms with Gasteiger partial charge in [0.25, 0.3) is 0 Å². The van der Waals surface area contributed by atoms with Crippen LogP contribution in [-0.4, -0.2) is 26.1 Å². The van der Waals surface area contributed by atoms with Crippen LogP contribution >= 0.6 is 0 Å². The molecular formula is C27H21FN4O2. The molecule has 6 nitrogen and oxygen atoms in total. The summed E-state index contributed by atoms with van der Waals surface area (Å²) >= 11 is 0. The smallest absolute Gasteiger partial charge is 0.190 e. The van der Waals surface area contributed by atoms with Crippen LogP contribution in [0.5, 0.6) is 11.5 Å². The monoisotopic (exact) mass is 452 g/mol. The van der Waals surface area contributed by atoms with Crippen LogP contribution in [0, 0.1) is 5.82 Å². The highest BCUT2D eigenvalue weighted by molar-refractivity contribution is 5.79. The molecule has 3 aromatic heterocycles. The first-order valence-electron chi connectivity index (χ1n) is 11.1. The Hall–Kier alpha value is -4.26. The van der Waals surface area contributed by atoms with E-state index in [9.17, 15) is 4.39 Å². The van der Waals surface area contributed by atoms with Crippen LogP contribution in [0.4, 0.5) is 4.39 Å². The summed E-state index contributed by atoms with van der Waals surface area (Å²) in [5.41, 5.74) is 4.61. The molecule has 1 aliphatic heterocycles. The van der Waals surface area contributed by atoms with Gasteiger partial charge in [-0.1, -0.05) is 24.3 Å². The molecule has 1 atom stereocenters. The standard InChI is InChI=1S/C27H21FN4O2/c28-21-7-5-18(6-8-21)11-14-32-22-15-20(19-9-12-29-13-10-19)16-30-26(22)31-27(32)25-17-33-23-3-1-2-4-24(23)34-25/h1-10,12-13,15-16,25H,11,14,17H2. The minimum atomic E-state index is -0.373. The van der Waals surface area contributed by atoms with E-state index in [0.29, 0.717) is 31.0 Å². The van der Waals surface area contributed by atoms with E-state index >= 15 is 0 Å². The molecule has 0 radical (unpaired) electrons. The first-order valence-corrected chi connectivity index (χ1v) is 11.1. The summed E-state index contributed by atoms with van der Waals surface area (Å²) in [6.45, 7) is 0.995. The summed E-state index contributed by atoms with van der Waals surface area (Å²) < 4.78 is 27.8. The molecule has 0 N–H and O–H groups in total. The van der Waals surface area contributed by atoms with Crippen molar-refractivity contribution < 1.29 is 13.9 Å². The Morgan fingerprint density at radius 1 is 0.941 bits per heavy atom. The van der Waals surface area contributed by atoms with Crippen LogP contribution in [0.25, 0.3) is 22.3 Å². The van der Waals surface area contributed by atoms with Gasteiger partial charge in [0.2, 0.25) is 0 Å². The molecule has 0 spiro atoms. The van der Waals surface area contributed by atoms with Gasteiger partial charge in [-0.25, -0.2) is 14.4 Å². The van der Waals surface area contributed by atoms with Crippen LogP contribution in [0.2, 0.25) is 0 Å². The number of aromatic nitrogens is 4. The van der Waals surface area contributed by atoms with Gasteiger partial charge < -0.3 is 14.0 Å². The molecule has 34 heavy (non-hydrogen) atoms. The van der Waals surface area contributed by atoms with E-state index in [2.05, 4.69) is 20.6 Å². The first kappa shape index (κ1) is 20.4. The Bertz CT molecular complexity index is 1450. The zero-order valence-corrected chi connectivity index (χ0v) is 18.3. The van der Waals surface area contributed by atoms with Crippen LogP contribution in [0.3, 0.4) is 0 Å². The van der Waals surface area contributed by atoms with Gasteiger partial charge in [-0.15, -0.1) is 0 Å². The lowest BCUT2D eigenvalue weighted by Gasteiger charge is -2.26. The van der Waals surface area contributed by atoms with Crippen LogP contribution in [0.1, 0.15) is 17.5 Å². The summed E-state index contributed by atoms with van der Waals surface area (Å²) in [5.74, 6) is 1.94. The largest absolute Gasteiger partial charge is 0.485 e. The maximum Gasteiger partial charge on any atom is 0.190 e. The minimum Gasteiger partial charge on any atom is -0.485 e. The van der Waals surface area contributed by atoms with E-state index in [1.54, 1.807) is 12.4 Å². The third-order valence-corrected chi connectivity index (χ3v) is 5.98. The minimum absolute atomic E-state index is 0.241. The molecule has 0 amide bonds. The Labute approximate surface area is 195 Å². The lowest BCUT2D eigenvalue weighted by Crippen LogP contribution is -2.25. The highest BCUT2D eigenvalue weighted by Crippen LogP contribution is 2.36. The molecule has 2 aromatic carbocycles.